The van der Waals surface area contributed by atoms with Gasteiger partial charge in [-0.1, -0.05) is 0 Å². The maximum absolute atomic E-state index is 13.4. The first-order chi connectivity index (χ1) is 14.8. The Balaban J connectivity index is 1.57. The lowest BCUT2D eigenvalue weighted by Crippen LogP contribution is -2.34. The minimum absolute atomic E-state index is 0.0926. The first-order valence-corrected chi connectivity index (χ1v) is 9.69. The van der Waals surface area contributed by atoms with Gasteiger partial charge in [-0.25, -0.2) is 19.7 Å². The summed E-state index contributed by atoms with van der Waals surface area (Å²) in [5.41, 5.74) is 0.999. The molecule has 31 heavy (non-hydrogen) atoms. The van der Waals surface area contributed by atoms with Crippen molar-refractivity contribution in [1.29, 1.82) is 0 Å². The van der Waals surface area contributed by atoms with Gasteiger partial charge in [-0.3, -0.25) is 0 Å². The van der Waals surface area contributed by atoms with Gasteiger partial charge in [-0.15, -0.1) is 0 Å². The van der Waals surface area contributed by atoms with Gasteiger partial charge >= 0.3 is 12.3 Å². The molecule has 0 bridgehead atoms. The number of likely N-dealkylation sites (tertiary alicyclic amines) is 1. The Hall–Kier alpha value is -3.31. The van der Waals surface area contributed by atoms with E-state index in [1.165, 1.54) is 17.4 Å². The number of rotatable bonds is 4. The number of fused-ring (bicyclic) bond motifs is 1. The zero-order valence-electron chi connectivity index (χ0n) is 16.7. The summed E-state index contributed by atoms with van der Waals surface area (Å²) in [6.07, 6.45) is -1.57. The van der Waals surface area contributed by atoms with Crippen LogP contribution < -0.4 is 15.0 Å². The van der Waals surface area contributed by atoms with Gasteiger partial charge in [-0.05, 0) is 12.5 Å². The highest BCUT2D eigenvalue weighted by Gasteiger charge is 2.36. The van der Waals surface area contributed by atoms with Gasteiger partial charge in [0.15, 0.2) is 0 Å². The van der Waals surface area contributed by atoms with Gasteiger partial charge in [-0.2, -0.15) is 13.2 Å². The summed E-state index contributed by atoms with van der Waals surface area (Å²) in [7, 11) is 1.15. The van der Waals surface area contributed by atoms with E-state index in [-0.39, 0.29) is 6.04 Å². The summed E-state index contributed by atoms with van der Waals surface area (Å²) in [6, 6.07) is 0.945. The number of pyridine rings is 1. The Morgan fingerprint density at radius 2 is 2.10 bits per heavy atom. The highest BCUT2D eigenvalue weighted by atomic mass is 19.4. The fraction of sp³-hybridized carbons (Fsp3) is 0.474. The summed E-state index contributed by atoms with van der Waals surface area (Å²) in [5, 5.41) is 12.4. The molecule has 2 aliphatic rings. The lowest BCUT2D eigenvalue weighted by molar-refractivity contribution is -0.139. The van der Waals surface area contributed by atoms with E-state index in [0.29, 0.717) is 50.5 Å². The van der Waals surface area contributed by atoms with E-state index >= 15 is 0 Å². The van der Waals surface area contributed by atoms with Crippen molar-refractivity contribution in [3.8, 4) is 5.88 Å². The van der Waals surface area contributed by atoms with Crippen LogP contribution in [0.4, 0.5) is 29.5 Å². The highest BCUT2D eigenvalue weighted by Crippen LogP contribution is 2.38. The minimum Gasteiger partial charge on any atom is -0.481 e. The molecule has 1 saturated heterocycles. The number of carbonyl (C=O) groups is 1. The Labute approximate surface area is 175 Å². The monoisotopic (exact) mass is 438 g/mol. The Morgan fingerprint density at radius 3 is 2.77 bits per heavy atom. The number of anilines is 2. The van der Waals surface area contributed by atoms with Crippen LogP contribution in [-0.4, -0.2) is 63.8 Å². The molecule has 1 fully saturated rings. The Kier molecular flexibility index (Phi) is 5.46. The number of alkyl halides is 3. The maximum atomic E-state index is 13.4. The van der Waals surface area contributed by atoms with Crippen molar-refractivity contribution in [2.45, 2.75) is 31.6 Å². The van der Waals surface area contributed by atoms with Gasteiger partial charge in [0.2, 0.25) is 5.88 Å². The molecule has 2 N–H and O–H groups in total. The molecule has 0 unspecified atom stereocenters. The molecule has 12 heteroatoms. The molecule has 2 aliphatic heterocycles. The number of hydrogen-bond donors (Lipinski definition) is 2. The van der Waals surface area contributed by atoms with Gasteiger partial charge in [0, 0.05) is 44.2 Å². The van der Waals surface area contributed by atoms with Crippen molar-refractivity contribution in [3.05, 3.63) is 35.4 Å². The van der Waals surface area contributed by atoms with Crippen molar-refractivity contribution in [2.75, 3.05) is 37.0 Å². The Bertz CT molecular complexity index is 987. The molecule has 0 aliphatic carbocycles. The molecule has 0 aromatic carbocycles. The number of hydrogen-bond acceptors (Lipinski definition) is 7. The standard InChI is InChI=1S/C19H21F3N6O3/c1-31-17-14(19(20,21)22)6-12(7-23-17)27-5-3-15-13(9-27)16(25-10-24-15)26-11-2-4-28(8-11)18(29)30/h6-7,10-11H,2-5,8-9H2,1H3,(H,29,30)(H,24,25,26)/t11-/m0/s1. The molecule has 2 aromatic rings. The normalized spacial score (nSPS) is 18.6. The fourth-order valence-electron chi connectivity index (χ4n) is 3.91. The Morgan fingerprint density at radius 1 is 1.29 bits per heavy atom. The molecule has 0 radical (unpaired) electrons. The summed E-state index contributed by atoms with van der Waals surface area (Å²) in [5.74, 6) is 0.105. The molecule has 166 valence electrons. The van der Waals surface area contributed by atoms with Crippen LogP contribution in [0.3, 0.4) is 0 Å². The number of aromatic nitrogens is 3. The molecule has 0 spiro atoms. The smallest absolute Gasteiger partial charge is 0.421 e. The zero-order chi connectivity index (χ0) is 22.2. The average Bonchev–Trinajstić information content (AvgIpc) is 3.21. The average molecular weight is 438 g/mol. The fourth-order valence-corrected chi connectivity index (χ4v) is 3.91. The topological polar surface area (TPSA) is 104 Å². The van der Waals surface area contributed by atoms with Crippen LogP contribution in [0.1, 0.15) is 23.2 Å². The number of carboxylic acid groups (broad SMARTS) is 1. The molecule has 9 nitrogen and oxygen atoms in total. The molecule has 1 amide bonds. The van der Waals surface area contributed by atoms with Crippen molar-refractivity contribution in [1.82, 2.24) is 19.9 Å². The number of nitrogens with one attached hydrogen (secondary N) is 1. The third-order valence-corrected chi connectivity index (χ3v) is 5.50. The number of amides is 1. The van der Waals surface area contributed by atoms with E-state index in [9.17, 15) is 18.0 Å². The highest BCUT2D eigenvalue weighted by molar-refractivity contribution is 5.65. The lowest BCUT2D eigenvalue weighted by Gasteiger charge is -2.31. The third kappa shape index (κ3) is 4.28. The summed E-state index contributed by atoms with van der Waals surface area (Å²) in [6.45, 7) is 1.56. The van der Waals surface area contributed by atoms with Crippen LogP contribution in [0.25, 0.3) is 0 Å². The first kappa shape index (κ1) is 20.9. The number of methoxy groups -OCH3 is 1. The van der Waals surface area contributed by atoms with Gasteiger partial charge in [0.05, 0.1) is 24.7 Å². The molecule has 4 rings (SSSR count). The van der Waals surface area contributed by atoms with Crippen LogP contribution in [-0.2, 0) is 19.1 Å². The molecule has 0 saturated carbocycles. The van der Waals surface area contributed by atoms with Crippen molar-refractivity contribution >= 4 is 17.6 Å². The molecule has 4 heterocycles. The van der Waals surface area contributed by atoms with Gasteiger partial charge in [0.25, 0.3) is 0 Å². The molecule has 1 atom stereocenters. The van der Waals surface area contributed by atoms with E-state index in [2.05, 4.69) is 20.3 Å². The predicted octanol–water partition coefficient (Wildman–Crippen LogP) is 2.63. The molecular weight excluding hydrogens is 417 g/mol. The van der Waals surface area contributed by atoms with Crippen molar-refractivity contribution < 1.29 is 27.8 Å². The summed E-state index contributed by atoms with van der Waals surface area (Å²) < 4.78 is 44.9. The van der Waals surface area contributed by atoms with Crippen LogP contribution in [0.5, 0.6) is 5.88 Å². The van der Waals surface area contributed by atoms with Crippen LogP contribution >= 0.6 is 0 Å². The SMILES string of the molecule is COc1ncc(N2CCc3ncnc(N[C@H]4CCN(C(=O)O)C4)c3C2)cc1C(F)(F)F. The van der Waals surface area contributed by atoms with Crippen LogP contribution in [0.15, 0.2) is 18.6 Å². The van der Waals surface area contributed by atoms with E-state index in [0.717, 1.165) is 24.4 Å². The zero-order valence-corrected chi connectivity index (χ0v) is 16.7. The third-order valence-electron chi connectivity index (χ3n) is 5.50. The maximum Gasteiger partial charge on any atom is 0.421 e. The number of halogens is 3. The summed E-state index contributed by atoms with van der Waals surface area (Å²) >= 11 is 0. The van der Waals surface area contributed by atoms with E-state index in [4.69, 9.17) is 9.84 Å². The lowest BCUT2D eigenvalue weighted by atomic mass is 10.0. The van der Waals surface area contributed by atoms with E-state index < -0.39 is 23.7 Å². The van der Waals surface area contributed by atoms with E-state index in [1.54, 1.807) is 4.90 Å². The quantitative estimate of drug-likeness (QED) is 0.751. The molecule has 2 aromatic heterocycles. The van der Waals surface area contributed by atoms with E-state index in [1.807, 2.05) is 0 Å². The first-order valence-electron chi connectivity index (χ1n) is 9.69. The minimum atomic E-state index is -4.59. The van der Waals surface area contributed by atoms with Gasteiger partial charge in [0.1, 0.15) is 17.7 Å². The van der Waals surface area contributed by atoms with Crippen LogP contribution in [0.2, 0.25) is 0 Å². The molecular formula is C19H21F3N6O3. The largest absolute Gasteiger partial charge is 0.481 e. The van der Waals surface area contributed by atoms with Crippen molar-refractivity contribution in [2.24, 2.45) is 0 Å². The number of nitrogens with zero attached hydrogens (tertiary/aromatic N) is 5. The second-order valence-corrected chi connectivity index (χ2v) is 7.43. The van der Waals surface area contributed by atoms with Crippen LogP contribution in [0, 0.1) is 0 Å². The van der Waals surface area contributed by atoms with Gasteiger partial charge < -0.3 is 25.0 Å². The summed E-state index contributed by atoms with van der Waals surface area (Å²) in [4.78, 5) is 26.7. The number of ether oxygens (including phenoxy) is 1. The van der Waals surface area contributed by atoms with Crippen molar-refractivity contribution in [3.63, 3.8) is 0 Å². The second kappa shape index (κ2) is 8.08. The predicted molar refractivity (Wildman–Crippen MR) is 104 cm³/mol. The second-order valence-electron chi connectivity index (χ2n) is 7.43.